The molecule has 92 heavy (non-hydrogen) atoms. The summed E-state index contributed by atoms with van der Waals surface area (Å²) in [6.45, 7) is 35.2. The van der Waals surface area contributed by atoms with Gasteiger partial charge in [-0.05, 0) is 160 Å². The Hall–Kier alpha value is -8.38. The molecule has 0 radical (unpaired) electrons. The van der Waals surface area contributed by atoms with Crippen LogP contribution < -0.4 is 28.4 Å². The van der Waals surface area contributed by atoms with E-state index in [0.29, 0.717) is 139 Å². The fourth-order valence-electron chi connectivity index (χ4n) is 10.8. The van der Waals surface area contributed by atoms with Gasteiger partial charge in [0, 0.05) is 23.3 Å². The monoisotopic (exact) mass is 1320 g/mol. The third-order valence-corrected chi connectivity index (χ3v) is 21.0. The average molecular weight is 1320 g/mol. The zero-order valence-corrected chi connectivity index (χ0v) is 55.4. The van der Waals surface area contributed by atoms with Crippen molar-refractivity contribution in [2.75, 3.05) is 26.4 Å². The molecule has 0 spiro atoms. The molecule has 4 aromatic carbocycles. The van der Waals surface area contributed by atoms with Crippen molar-refractivity contribution in [3.05, 3.63) is 151 Å². The Balaban J connectivity index is 0.899. The van der Waals surface area contributed by atoms with Crippen molar-refractivity contribution in [1.82, 2.24) is 0 Å². The van der Waals surface area contributed by atoms with E-state index in [1.165, 1.54) is 0 Å². The number of carbonyl (C=O) groups is 6. The van der Waals surface area contributed by atoms with Crippen molar-refractivity contribution in [3.63, 3.8) is 0 Å². The molecule has 4 aromatic rings. The molecule has 0 N–H and O–H groups in total. The van der Waals surface area contributed by atoms with Gasteiger partial charge in [0.25, 0.3) is 11.4 Å². The predicted molar refractivity (Wildman–Crippen MR) is 349 cm³/mol. The van der Waals surface area contributed by atoms with E-state index in [9.17, 15) is 39.3 Å². The van der Waals surface area contributed by atoms with Crippen LogP contribution in [0.15, 0.2) is 125 Å². The number of rotatable bonds is 23. The number of hydrogen-bond donors (Lipinski definition) is 0. The van der Waals surface area contributed by atoms with Gasteiger partial charge >= 0.3 is 35.8 Å². The van der Waals surface area contributed by atoms with Gasteiger partial charge < -0.3 is 37.9 Å². The second-order valence-corrected chi connectivity index (χ2v) is 28.8. The molecule has 0 aromatic heterocycles. The summed E-state index contributed by atoms with van der Waals surface area (Å²) in [4.78, 5) is 87.7. The maximum Gasteiger partial charge on any atom is 0.343 e. The summed E-state index contributed by atoms with van der Waals surface area (Å²) in [5.41, 5.74) is 0.144. The number of fused-ring (bicyclic) bond motifs is 2. The van der Waals surface area contributed by atoms with Crippen LogP contribution in [0.25, 0.3) is 9.69 Å². The van der Waals surface area contributed by atoms with Gasteiger partial charge in [-0.15, -0.1) is 0 Å². The molecular formula is C70H70N4O14S4. The van der Waals surface area contributed by atoms with Gasteiger partial charge in [-0.3, -0.25) is 9.59 Å². The standard InChI is InChI=1S/C70H70N4O14S4/c1-11-55(75)83-35-15-13-33-81-47-29-25-45(26-30-47)63(77)85-53-37-49(69(3,4)5)57(61-59(53)89-67(91-61)51(39-71)73-9)87-65(79)43-21-17-41(18-22-43)42-19-23-44(24-20-42)66(80)88-58-50(70(6,7)8)38-54(60-62(58)92-68(90-60)52(40-72)74-10)86-64(78)46-27-31-48(32-28-46)82-34-14-16-36-84-56(76)12-2/h11-12,25-32,37-38,41-44H,1-2,13-24,33-36H2,3-8H3/b67-51-,68-52+. The summed E-state index contributed by atoms with van der Waals surface area (Å²) in [6.07, 6.45) is 10.2. The van der Waals surface area contributed by atoms with Crippen LogP contribution in [0.2, 0.25) is 0 Å². The Morgan fingerprint density at radius 3 is 1.17 bits per heavy atom. The van der Waals surface area contributed by atoms with Crippen molar-refractivity contribution >= 4 is 82.9 Å². The molecule has 2 aliphatic carbocycles. The highest BCUT2D eigenvalue weighted by atomic mass is 32.2. The Labute approximate surface area is 553 Å². The van der Waals surface area contributed by atoms with E-state index in [0.717, 1.165) is 84.9 Å². The largest absolute Gasteiger partial charge is 0.494 e. The van der Waals surface area contributed by atoms with Crippen LogP contribution in [-0.4, -0.2) is 62.2 Å². The van der Waals surface area contributed by atoms with E-state index in [-0.39, 0.29) is 47.2 Å². The SMILES string of the molecule is [C-]#[N+]/C(C#N)=C1/Sc2c(OC(=O)c3ccc(OCCCCOC(=O)C=C)cc3)cc(C(C)(C)C)c(OC(=O)C3CCC(C4CCC(C(=O)Oc5c(C(C)(C)C)cc(OC(=O)c6ccc(OCCCCOC(=O)C=C)cc6)c6c5S/C(=C(\C#N)[N+]#[C-])S6)CC4)CC3)c2S1. The minimum atomic E-state index is -0.654. The molecule has 2 fully saturated rings. The molecule has 2 saturated carbocycles. The summed E-state index contributed by atoms with van der Waals surface area (Å²) in [5, 5.41) is 19.9. The summed E-state index contributed by atoms with van der Waals surface area (Å²) in [7, 11) is 0. The van der Waals surface area contributed by atoms with Crippen LogP contribution in [0.4, 0.5) is 0 Å². The topological polar surface area (TPSA) is 233 Å². The average Bonchev–Trinajstić information content (AvgIpc) is 1.52. The van der Waals surface area contributed by atoms with Crippen molar-refractivity contribution in [2.45, 2.75) is 149 Å². The van der Waals surface area contributed by atoms with Crippen LogP contribution in [0.3, 0.4) is 0 Å². The molecule has 0 atom stereocenters. The van der Waals surface area contributed by atoms with Gasteiger partial charge in [0.05, 0.1) is 103 Å². The first-order valence-electron chi connectivity index (χ1n) is 30.2. The van der Waals surface area contributed by atoms with Crippen molar-refractivity contribution in [2.24, 2.45) is 23.7 Å². The summed E-state index contributed by atoms with van der Waals surface area (Å²) in [6, 6.07) is 20.3. The van der Waals surface area contributed by atoms with Crippen molar-refractivity contribution in [3.8, 4) is 46.6 Å². The molecule has 18 nitrogen and oxygen atoms in total. The Morgan fingerprint density at radius 1 is 0.522 bits per heavy atom. The fourth-order valence-corrected chi connectivity index (χ4v) is 15.8. The maximum atomic E-state index is 14.4. The molecule has 2 heterocycles. The van der Waals surface area contributed by atoms with Crippen molar-refractivity contribution < 1.29 is 66.7 Å². The van der Waals surface area contributed by atoms with Gasteiger partial charge in [0.2, 0.25) is 0 Å². The van der Waals surface area contributed by atoms with E-state index >= 15 is 0 Å². The zero-order valence-electron chi connectivity index (χ0n) is 52.1. The van der Waals surface area contributed by atoms with Gasteiger partial charge in [-0.1, -0.05) is 102 Å². The van der Waals surface area contributed by atoms with E-state index < -0.39 is 58.5 Å². The summed E-state index contributed by atoms with van der Waals surface area (Å²) >= 11 is 4.50. The highest BCUT2D eigenvalue weighted by molar-refractivity contribution is 8.25. The number of nitrogens with zero attached hydrogens (tertiary/aromatic N) is 4. The van der Waals surface area contributed by atoms with Gasteiger partial charge in [0.1, 0.15) is 34.5 Å². The fraction of sp³-hybridized carbons (Fsp3) is 0.400. The third-order valence-electron chi connectivity index (χ3n) is 15.8. The highest BCUT2D eigenvalue weighted by Gasteiger charge is 2.41. The van der Waals surface area contributed by atoms with E-state index in [2.05, 4.69) is 22.8 Å². The second kappa shape index (κ2) is 31.8. The lowest BCUT2D eigenvalue weighted by atomic mass is 9.69. The predicted octanol–water partition coefficient (Wildman–Crippen LogP) is 16.2. The molecule has 478 valence electrons. The smallest absolute Gasteiger partial charge is 0.343 e. The van der Waals surface area contributed by atoms with Gasteiger partial charge in [0.15, 0.2) is 0 Å². The molecule has 0 bridgehead atoms. The van der Waals surface area contributed by atoms with Gasteiger partial charge in [-0.2, -0.15) is 0 Å². The Morgan fingerprint density at radius 2 is 0.859 bits per heavy atom. The van der Waals surface area contributed by atoms with Crippen LogP contribution in [0.1, 0.15) is 150 Å². The first-order valence-corrected chi connectivity index (χ1v) is 33.4. The molecule has 0 amide bonds. The van der Waals surface area contributed by atoms with E-state index in [4.69, 9.17) is 51.0 Å². The number of ether oxygens (including phenoxy) is 8. The number of thioether (sulfide) groups is 4. The molecule has 2 aliphatic heterocycles. The molecular weight excluding hydrogens is 1250 g/mol. The van der Waals surface area contributed by atoms with Crippen LogP contribution in [0.5, 0.6) is 34.5 Å². The number of unbranched alkanes of at least 4 members (excludes halogenated alkanes) is 2. The number of esters is 6. The van der Waals surface area contributed by atoms with Crippen LogP contribution in [0, 0.1) is 59.5 Å². The van der Waals surface area contributed by atoms with E-state index in [1.54, 1.807) is 60.7 Å². The summed E-state index contributed by atoms with van der Waals surface area (Å²) < 4.78 is 47.5. The number of hydrogen-bond acceptors (Lipinski definition) is 20. The quantitative estimate of drug-likeness (QED) is 0.0168. The lowest BCUT2D eigenvalue weighted by Gasteiger charge is -2.37. The normalized spacial score (nSPS) is 18.5. The molecule has 0 saturated heterocycles. The van der Waals surface area contributed by atoms with Gasteiger partial charge in [-0.25, -0.2) is 39.4 Å². The molecule has 0 unspecified atom stereocenters. The second-order valence-electron chi connectivity index (χ2n) is 24.2. The molecule has 8 rings (SSSR count). The van der Waals surface area contributed by atoms with Crippen LogP contribution >= 0.6 is 47.0 Å². The number of nitriles is 2. The lowest BCUT2D eigenvalue weighted by molar-refractivity contribution is -0.142. The minimum absolute atomic E-state index is 0.145. The Kier molecular flexibility index (Phi) is 24.0. The van der Waals surface area contributed by atoms with Crippen LogP contribution in [-0.2, 0) is 39.5 Å². The van der Waals surface area contributed by atoms with Crippen molar-refractivity contribution in [1.29, 1.82) is 10.5 Å². The number of benzene rings is 4. The maximum absolute atomic E-state index is 14.4. The molecule has 22 heteroatoms. The molecule has 4 aliphatic rings. The first-order chi connectivity index (χ1) is 44.1. The third kappa shape index (κ3) is 17.6. The summed E-state index contributed by atoms with van der Waals surface area (Å²) in [5.74, 6) is -1.19. The lowest BCUT2D eigenvalue weighted by Crippen LogP contribution is -2.32. The Bertz CT molecular complexity index is 3490. The number of allylic oxidation sites excluding steroid dienone is 2. The number of carbonyl (C=O) groups excluding carboxylic acids is 6. The highest BCUT2D eigenvalue weighted by Crippen LogP contribution is 2.63. The van der Waals surface area contributed by atoms with E-state index in [1.807, 2.05) is 53.7 Å². The first kappa shape index (κ1) is 69.5. The zero-order chi connectivity index (χ0) is 66.3. The minimum Gasteiger partial charge on any atom is -0.494 e.